The predicted octanol–water partition coefficient (Wildman–Crippen LogP) is 1.64. The highest BCUT2D eigenvalue weighted by atomic mass is 35.5. The van der Waals surface area contributed by atoms with Crippen molar-refractivity contribution in [3.05, 3.63) is 23.4 Å². The third-order valence-corrected chi connectivity index (χ3v) is 4.00. The molecule has 1 amide bonds. The summed E-state index contributed by atoms with van der Waals surface area (Å²) < 4.78 is 10.4. The first-order valence-electron chi connectivity index (χ1n) is 8.31. The van der Waals surface area contributed by atoms with Gasteiger partial charge in [-0.3, -0.25) is 0 Å². The first-order valence-corrected chi connectivity index (χ1v) is 8.69. The van der Waals surface area contributed by atoms with Crippen LogP contribution >= 0.6 is 11.6 Å². The molecule has 1 aliphatic heterocycles. The van der Waals surface area contributed by atoms with Crippen LogP contribution in [0.2, 0.25) is 5.02 Å². The Morgan fingerprint density at radius 1 is 1.52 bits per heavy atom. The van der Waals surface area contributed by atoms with Crippen LogP contribution < -0.4 is 15.8 Å². The van der Waals surface area contributed by atoms with Crippen molar-refractivity contribution in [1.82, 2.24) is 15.2 Å². The Hall–Kier alpha value is -2.22. The van der Waals surface area contributed by atoms with Gasteiger partial charge in [-0.05, 0) is 31.9 Å². The number of amides is 1. The number of nitrogens with zero attached hydrogens (tertiary/aromatic N) is 3. The zero-order chi connectivity index (χ0) is 18.1. The maximum Gasteiger partial charge on any atom is 0.409 e. The summed E-state index contributed by atoms with van der Waals surface area (Å²) in [6.45, 7) is 4.21. The van der Waals surface area contributed by atoms with Crippen molar-refractivity contribution < 1.29 is 14.3 Å². The van der Waals surface area contributed by atoms with Gasteiger partial charge < -0.3 is 25.4 Å². The van der Waals surface area contributed by atoms with Crippen LogP contribution in [0.5, 0.6) is 5.88 Å². The number of piperidine rings is 1. The number of pyridine rings is 1. The molecule has 0 aromatic carbocycles. The molecule has 2 heterocycles. The monoisotopic (exact) mass is 369 g/mol. The van der Waals surface area contributed by atoms with Crippen LogP contribution in [0.25, 0.3) is 0 Å². The molecule has 0 bridgehead atoms. The highest BCUT2D eigenvalue weighted by Gasteiger charge is 2.23. The van der Waals surface area contributed by atoms with Gasteiger partial charge in [-0.15, -0.1) is 0 Å². The number of rotatable bonds is 6. The van der Waals surface area contributed by atoms with Gasteiger partial charge in [-0.25, -0.2) is 14.8 Å². The molecule has 8 nitrogen and oxygen atoms in total. The number of hydrogen-bond donors (Lipinski definition) is 2. The van der Waals surface area contributed by atoms with E-state index < -0.39 is 0 Å². The van der Waals surface area contributed by atoms with Gasteiger partial charge in [0.15, 0.2) is 5.96 Å². The van der Waals surface area contributed by atoms with Gasteiger partial charge in [0, 0.05) is 25.3 Å². The van der Waals surface area contributed by atoms with E-state index in [1.807, 2.05) is 0 Å². The molecular weight excluding hydrogens is 346 g/mol. The van der Waals surface area contributed by atoms with Crippen LogP contribution in [0.3, 0.4) is 0 Å². The molecule has 3 N–H and O–H groups in total. The van der Waals surface area contributed by atoms with E-state index in [1.54, 1.807) is 30.2 Å². The highest BCUT2D eigenvalue weighted by Crippen LogP contribution is 2.19. The summed E-state index contributed by atoms with van der Waals surface area (Å²) in [6.07, 6.45) is 2.96. The van der Waals surface area contributed by atoms with Gasteiger partial charge in [0.2, 0.25) is 5.88 Å². The minimum absolute atomic E-state index is 0.195. The van der Waals surface area contributed by atoms with Crippen molar-refractivity contribution in [3.63, 3.8) is 0 Å². The fraction of sp³-hybridized carbons (Fsp3) is 0.562. The van der Waals surface area contributed by atoms with Gasteiger partial charge in [-0.1, -0.05) is 11.6 Å². The van der Waals surface area contributed by atoms with E-state index in [0.29, 0.717) is 49.7 Å². The Morgan fingerprint density at radius 2 is 2.28 bits per heavy atom. The second-order valence-electron chi connectivity index (χ2n) is 5.51. The molecule has 9 heteroatoms. The summed E-state index contributed by atoms with van der Waals surface area (Å²) in [5.74, 6) is 0.752. The van der Waals surface area contributed by atoms with Crippen LogP contribution in [0, 0.1) is 0 Å². The number of carbonyl (C=O) groups is 1. The number of nitrogens with two attached hydrogens (primary N) is 1. The molecule has 25 heavy (non-hydrogen) atoms. The predicted molar refractivity (Wildman–Crippen MR) is 96.0 cm³/mol. The molecule has 1 saturated heterocycles. The van der Waals surface area contributed by atoms with Gasteiger partial charge in [0.05, 0.1) is 13.2 Å². The quantitative estimate of drug-likeness (QED) is 0.449. The van der Waals surface area contributed by atoms with Crippen molar-refractivity contribution >= 4 is 23.7 Å². The molecule has 138 valence electrons. The van der Waals surface area contributed by atoms with Crippen LogP contribution in [0.15, 0.2) is 23.3 Å². The second kappa shape index (κ2) is 9.93. The van der Waals surface area contributed by atoms with E-state index in [9.17, 15) is 4.79 Å². The molecule has 0 saturated carbocycles. The topological polar surface area (TPSA) is 102 Å². The number of aromatic nitrogens is 1. The summed E-state index contributed by atoms with van der Waals surface area (Å²) in [4.78, 5) is 21.6. The number of ether oxygens (including phenoxy) is 2. The van der Waals surface area contributed by atoms with Gasteiger partial charge >= 0.3 is 6.09 Å². The molecular formula is C16H24ClN5O3. The number of likely N-dealkylation sites (tertiary alicyclic amines) is 1. The van der Waals surface area contributed by atoms with Crippen molar-refractivity contribution in [1.29, 1.82) is 0 Å². The summed E-state index contributed by atoms with van der Waals surface area (Å²) in [7, 11) is 0. The molecule has 0 atom stereocenters. The van der Waals surface area contributed by atoms with Crippen LogP contribution in [-0.2, 0) is 4.74 Å². The Balaban J connectivity index is 1.66. The van der Waals surface area contributed by atoms with Crippen molar-refractivity contribution in [2.45, 2.75) is 25.8 Å². The van der Waals surface area contributed by atoms with Crippen molar-refractivity contribution in [2.75, 3.05) is 32.8 Å². The van der Waals surface area contributed by atoms with E-state index in [4.69, 9.17) is 26.8 Å². The second-order valence-corrected chi connectivity index (χ2v) is 5.92. The molecule has 0 unspecified atom stereocenters. The molecule has 0 aliphatic carbocycles. The SMILES string of the molecule is CCOC(=O)N1CCC(NC(N)=NCCOc2ncccc2Cl)CC1. The summed E-state index contributed by atoms with van der Waals surface area (Å²) >= 11 is 5.95. The Kier molecular flexibility index (Phi) is 7.59. The van der Waals surface area contributed by atoms with Crippen molar-refractivity contribution in [2.24, 2.45) is 10.7 Å². The van der Waals surface area contributed by atoms with E-state index in [2.05, 4.69) is 15.3 Å². The average Bonchev–Trinajstić information content (AvgIpc) is 2.61. The van der Waals surface area contributed by atoms with Gasteiger partial charge in [-0.2, -0.15) is 0 Å². The van der Waals surface area contributed by atoms with Gasteiger partial charge in [0.1, 0.15) is 11.6 Å². The minimum atomic E-state index is -0.257. The molecule has 1 aromatic heterocycles. The number of halogens is 1. The molecule has 0 radical (unpaired) electrons. The number of carbonyl (C=O) groups excluding carboxylic acids is 1. The van der Waals surface area contributed by atoms with Crippen LogP contribution in [0.4, 0.5) is 4.79 Å². The zero-order valence-corrected chi connectivity index (χ0v) is 15.0. The fourth-order valence-electron chi connectivity index (χ4n) is 2.46. The van der Waals surface area contributed by atoms with E-state index >= 15 is 0 Å². The van der Waals surface area contributed by atoms with Crippen molar-refractivity contribution in [3.8, 4) is 5.88 Å². The third-order valence-electron chi connectivity index (χ3n) is 3.71. The first-order chi connectivity index (χ1) is 12.1. The zero-order valence-electron chi connectivity index (χ0n) is 14.3. The highest BCUT2D eigenvalue weighted by molar-refractivity contribution is 6.31. The molecule has 0 spiro atoms. The summed E-state index contributed by atoms with van der Waals surface area (Å²) in [5.41, 5.74) is 5.89. The number of hydrogen-bond acceptors (Lipinski definition) is 5. The first kappa shape index (κ1) is 19.1. The Morgan fingerprint density at radius 3 is 2.96 bits per heavy atom. The maximum atomic E-state index is 11.6. The third kappa shape index (κ3) is 6.30. The van der Waals surface area contributed by atoms with E-state index in [0.717, 1.165) is 12.8 Å². The maximum absolute atomic E-state index is 11.6. The fourth-order valence-corrected chi connectivity index (χ4v) is 2.64. The lowest BCUT2D eigenvalue weighted by Crippen LogP contribution is -2.48. The summed E-state index contributed by atoms with van der Waals surface area (Å²) in [6, 6.07) is 3.65. The largest absolute Gasteiger partial charge is 0.475 e. The Bertz CT molecular complexity index is 591. The molecule has 1 fully saturated rings. The molecule has 1 aromatic rings. The lowest BCUT2D eigenvalue weighted by atomic mass is 10.1. The lowest BCUT2D eigenvalue weighted by molar-refractivity contribution is 0.0963. The normalized spacial score (nSPS) is 15.8. The smallest absolute Gasteiger partial charge is 0.409 e. The molecule has 2 rings (SSSR count). The van der Waals surface area contributed by atoms with Gasteiger partial charge in [0.25, 0.3) is 0 Å². The number of aliphatic imine (C=N–C) groups is 1. The van der Waals surface area contributed by atoms with Crippen LogP contribution in [0.1, 0.15) is 19.8 Å². The minimum Gasteiger partial charge on any atom is -0.475 e. The lowest BCUT2D eigenvalue weighted by Gasteiger charge is -2.31. The standard InChI is InChI=1S/C16H24ClN5O3/c1-2-24-16(23)22-9-5-12(6-10-22)21-15(18)20-8-11-25-14-13(17)4-3-7-19-14/h3-4,7,12H,2,5-6,8-11H2,1H3,(H3,18,20,21). The number of nitrogens with one attached hydrogen (secondary N) is 1. The Labute approximate surface area is 152 Å². The van der Waals surface area contributed by atoms with E-state index in [1.165, 1.54) is 0 Å². The molecule has 1 aliphatic rings. The summed E-state index contributed by atoms with van der Waals surface area (Å²) in [5, 5.41) is 3.64. The van der Waals surface area contributed by atoms with Crippen LogP contribution in [-0.4, -0.2) is 60.8 Å². The number of guanidine groups is 1. The average molecular weight is 370 g/mol. The van der Waals surface area contributed by atoms with E-state index in [-0.39, 0.29) is 12.1 Å².